The van der Waals surface area contributed by atoms with E-state index in [1.54, 1.807) is 18.2 Å². The molecule has 2 aliphatic rings. The van der Waals surface area contributed by atoms with Crippen molar-refractivity contribution < 1.29 is 14.6 Å². The van der Waals surface area contributed by atoms with Gasteiger partial charge in [0, 0.05) is 22.6 Å². The maximum atomic E-state index is 11.4. The normalized spacial score (nSPS) is 16.5. The maximum absolute atomic E-state index is 11.4. The highest BCUT2D eigenvalue weighted by Crippen LogP contribution is 2.45. The lowest BCUT2D eigenvalue weighted by molar-refractivity contribution is 0.0552. The van der Waals surface area contributed by atoms with E-state index in [0.717, 1.165) is 39.1 Å². The molecular formula is C30H36N4O3S. The number of hydrogen-bond acceptors (Lipinski definition) is 7. The zero-order valence-corrected chi connectivity index (χ0v) is 22.8. The average molecular weight is 533 g/mol. The summed E-state index contributed by atoms with van der Waals surface area (Å²) >= 11 is 1.27. The number of aromatic carboxylic acids is 1. The zero-order valence-electron chi connectivity index (χ0n) is 22.0. The Morgan fingerprint density at radius 3 is 2.32 bits per heavy atom. The minimum absolute atomic E-state index is 0.0197. The predicted molar refractivity (Wildman–Crippen MR) is 151 cm³/mol. The highest BCUT2D eigenvalue weighted by Gasteiger charge is 2.39. The third kappa shape index (κ3) is 5.97. The van der Waals surface area contributed by atoms with Gasteiger partial charge >= 0.3 is 5.97 Å². The van der Waals surface area contributed by atoms with Gasteiger partial charge in [-0.05, 0) is 72.9 Å². The fourth-order valence-corrected chi connectivity index (χ4v) is 6.35. The van der Waals surface area contributed by atoms with E-state index in [0.29, 0.717) is 24.4 Å². The van der Waals surface area contributed by atoms with Crippen LogP contribution in [0, 0.1) is 31.6 Å². The molecule has 0 amide bonds. The highest BCUT2D eigenvalue weighted by molar-refractivity contribution is 8.00. The predicted octanol–water partition coefficient (Wildman–Crippen LogP) is 6.50. The van der Waals surface area contributed by atoms with Crippen molar-refractivity contribution in [2.75, 3.05) is 11.3 Å². The fourth-order valence-electron chi connectivity index (χ4n) is 5.71. The van der Waals surface area contributed by atoms with Gasteiger partial charge in [-0.15, -0.1) is 0 Å². The lowest BCUT2D eigenvalue weighted by Crippen LogP contribution is -2.47. The molecule has 0 aliphatic heterocycles. The lowest BCUT2D eigenvalue weighted by Gasteiger charge is -2.45. The first kappa shape index (κ1) is 26.5. The van der Waals surface area contributed by atoms with Crippen LogP contribution in [0.4, 0.5) is 5.95 Å². The van der Waals surface area contributed by atoms with E-state index in [4.69, 9.17) is 15.5 Å². The highest BCUT2D eigenvalue weighted by atomic mass is 32.2. The molecule has 1 atom stereocenters. The first-order chi connectivity index (χ1) is 18.4. The smallest absolute Gasteiger partial charge is 0.335 e. The van der Waals surface area contributed by atoms with Crippen molar-refractivity contribution in [3.8, 4) is 17.1 Å². The molecule has 5 rings (SSSR count). The van der Waals surface area contributed by atoms with Crippen LogP contribution in [0.2, 0.25) is 0 Å². The summed E-state index contributed by atoms with van der Waals surface area (Å²) in [7, 11) is 0. The Morgan fingerprint density at radius 1 is 1.05 bits per heavy atom. The number of carbonyl (C=O) groups is 1. The van der Waals surface area contributed by atoms with Crippen molar-refractivity contribution in [1.29, 1.82) is 0 Å². The number of benzene rings is 2. The molecule has 0 spiro atoms. The van der Waals surface area contributed by atoms with E-state index in [1.165, 1.54) is 50.5 Å². The van der Waals surface area contributed by atoms with Gasteiger partial charge in [-0.3, -0.25) is 4.72 Å². The van der Waals surface area contributed by atoms with Gasteiger partial charge in [0.2, 0.25) is 11.8 Å². The van der Waals surface area contributed by atoms with Crippen molar-refractivity contribution in [1.82, 2.24) is 9.97 Å². The van der Waals surface area contributed by atoms with Gasteiger partial charge in [-0.2, -0.15) is 4.98 Å². The van der Waals surface area contributed by atoms with E-state index < -0.39 is 5.97 Å². The van der Waals surface area contributed by atoms with Crippen molar-refractivity contribution in [2.24, 2.45) is 23.5 Å². The summed E-state index contributed by atoms with van der Waals surface area (Å²) in [5.41, 5.74) is 11.0. The molecule has 1 aromatic heterocycles. The lowest BCUT2D eigenvalue weighted by atomic mass is 9.62. The quantitative estimate of drug-likeness (QED) is 0.240. The number of ether oxygens (including phenoxy) is 1. The number of aromatic nitrogens is 2. The molecule has 7 nitrogen and oxygen atoms in total. The molecule has 3 aromatic rings. The van der Waals surface area contributed by atoms with Crippen LogP contribution in [0.5, 0.6) is 5.88 Å². The van der Waals surface area contributed by atoms with Crippen LogP contribution in [0.1, 0.15) is 60.0 Å². The number of carboxylic acid groups (broad SMARTS) is 1. The molecule has 1 heterocycles. The van der Waals surface area contributed by atoms with Crippen LogP contribution >= 0.6 is 11.9 Å². The van der Waals surface area contributed by atoms with Gasteiger partial charge in [-0.25, -0.2) is 9.78 Å². The van der Waals surface area contributed by atoms with Gasteiger partial charge in [0.25, 0.3) is 0 Å². The van der Waals surface area contributed by atoms with Gasteiger partial charge in [0.05, 0.1) is 11.3 Å². The molecule has 0 radical (unpaired) electrons. The minimum Gasteiger partial charge on any atom is -0.478 e. The van der Waals surface area contributed by atoms with Gasteiger partial charge in [-0.1, -0.05) is 62.8 Å². The van der Waals surface area contributed by atoms with Crippen LogP contribution < -0.4 is 15.2 Å². The Balaban J connectivity index is 1.37. The Bertz CT molecular complexity index is 1260. The molecule has 2 aliphatic carbocycles. The second-order valence-electron chi connectivity index (χ2n) is 10.7. The number of nitrogens with two attached hydrogens (primary N) is 1. The van der Waals surface area contributed by atoms with E-state index >= 15 is 0 Å². The molecule has 0 saturated heterocycles. The summed E-state index contributed by atoms with van der Waals surface area (Å²) in [4.78, 5) is 21.5. The number of rotatable bonds is 11. The first-order valence-electron chi connectivity index (χ1n) is 13.5. The number of carboxylic acids is 1. The summed E-state index contributed by atoms with van der Waals surface area (Å²) in [5.74, 6) is 1.89. The maximum Gasteiger partial charge on any atom is 0.335 e. The van der Waals surface area contributed by atoms with Crippen LogP contribution in [0.3, 0.4) is 0 Å². The molecule has 0 bridgehead atoms. The number of nitrogens with zero attached hydrogens (tertiary/aromatic N) is 2. The number of anilines is 1. The number of hydrogen-bond donors (Lipinski definition) is 3. The molecular weight excluding hydrogens is 496 g/mol. The Labute approximate surface area is 228 Å². The van der Waals surface area contributed by atoms with Crippen molar-refractivity contribution in [2.45, 2.75) is 63.3 Å². The summed E-state index contributed by atoms with van der Waals surface area (Å²) < 4.78 is 9.46. The molecule has 4 N–H and O–H groups in total. The number of aryl methyl sites for hydroxylation is 2. The van der Waals surface area contributed by atoms with E-state index in [1.807, 2.05) is 18.2 Å². The van der Waals surface area contributed by atoms with Gasteiger partial charge in [0.1, 0.15) is 6.61 Å². The minimum atomic E-state index is -0.963. The zero-order chi connectivity index (χ0) is 26.6. The molecule has 200 valence electrons. The molecule has 1 unspecified atom stereocenters. The molecule has 2 fully saturated rings. The van der Waals surface area contributed by atoms with Gasteiger partial charge < -0.3 is 15.6 Å². The third-order valence-electron chi connectivity index (χ3n) is 8.09. The summed E-state index contributed by atoms with van der Waals surface area (Å²) in [6, 6.07) is 14.8. The van der Waals surface area contributed by atoms with Crippen LogP contribution in [0.15, 0.2) is 53.4 Å². The third-order valence-corrected chi connectivity index (χ3v) is 8.86. The van der Waals surface area contributed by atoms with Crippen molar-refractivity contribution >= 4 is 23.9 Å². The topological polar surface area (TPSA) is 110 Å². The summed E-state index contributed by atoms with van der Waals surface area (Å²) in [5, 5.41) is 9.31. The first-order valence-corrected chi connectivity index (χ1v) is 14.3. The largest absolute Gasteiger partial charge is 0.478 e. The molecule has 2 saturated carbocycles. The van der Waals surface area contributed by atoms with Crippen LogP contribution in [0.25, 0.3) is 11.3 Å². The summed E-state index contributed by atoms with van der Waals surface area (Å²) in [6.07, 6.45) is 7.77. The Morgan fingerprint density at radius 2 is 1.71 bits per heavy atom. The standard InChI is InChI=1S/C30H36N4O3S/c1-18-7-3-8-19(2)27(18)25-16-26(37-17-24(31)28(20-9-4-10-20)21-11-5-12-21)33-30(32-25)34-38-23-14-6-13-22(15-23)29(35)36/h3,6-8,13-16,20-21,24,28H,4-5,9-12,17,31H2,1-2H3,(H,35,36)(H,32,33,34). The van der Waals surface area contributed by atoms with E-state index in [9.17, 15) is 9.90 Å². The number of nitrogens with one attached hydrogen (secondary N) is 1. The van der Waals surface area contributed by atoms with Gasteiger partial charge in [0.15, 0.2) is 0 Å². The molecule has 8 heteroatoms. The van der Waals surface area contributed by atoms with Crippen LogP contribution in [-0.2, 0) is 0 Å². The second kappa shape index (κ2) is 11.7. The Kier molecular flexibility index (Phi) is 8.19. The SMILES string of the molecule is Cc1cccc(C)c1-c1cc(OCC(N)C(C2CCC2)C2CCC2)nc(NSc2cccc(C(=O)O)c2)n1. The monoisotopic (exact) mass is 532 g/mol. The second-order valence-corrected chi connectivity index (χ2v) is 11.5. The van der Waals surface area contributed by atoms with E-state index in [-0.39, 0.29) is 11.6 Å². The van der Waals surface area contributed by atoms with Crippen LogP contribution in [-0.4, -0.2) is 33.7 Å². The Hall–Kier alpha value is -3.10. The fraction of sp³-hybridized carbons (Fsp3) is 0.433. The van der Waals surface area contributed by atoms with Crippen molar-refractivity contribution in [3.63, 3.8) is 0 Å². The van der Waals surface area contributed by atoms with Crippen molar-refractivity contribution in [3.05, 3.63) is 65.2 Å². The van der Waals surface area contributed by atoms with E-state index in [2.05, 4.69) is 35.7 Å². The molecule has 2 aromatic carbocycles. The average Bonchev–Trinajstić information content (AvgIpc) is 2.83. The summed E-state index contributed by atoms with van der Waals surface area (Å²) in [6.45, 7) is 4.57. The molecule has 38 heavy (non-hydrogen) atoms.